The SMILES string of the molecule is CC(C)(CN)NC(=O)CCCNS(=O)(=O)c1cccc(C(F)(F)F)c1. The summed E-state index contributed by atoms with van der Waals surface area (Å²) < 4.78 is 64.2. The highest BCUT2D eigenvalue weighted by Crippen LogP contribution is 2.30. The first-order valence-electron chi connectivity index (χ1n) is 7.55. The van der Waals surface area contributed by atoms with Crippen molar-refractivity contribution in [3.63, 3.8) is 0 Å². The van der Waals surface area contributed by atoms with E-state index in [4.69, 9.17) is 5.73 Å². The molecule has 0 aliphatic heterocycles. The van der Waals surface area contributed by atoms with Gasteiger partial charge in [0.1, 0.15) is 0 Å². The zero-order valence-electron chi connectivity index (χ0n) is 14.0. The topological polar surface area (TPSA) is 101 Å². The van der Waals surface area contributed by atoms with Gasteiger partial charge in [0.2, 0.25) is 15.9 Å². The molecule has 4 N–H and O–H groups in total. The maximum atomic E-state index is 12.6. The first-order valence-corrected chi connectivity index (χ1v) is 9.04. The minimum absolute atomic E-state index is 0.0640. The molecule has 0 fully saturated rings. The summed E-state index contributed by atoms with van der Waals surface area (Å²) in [4.78, 5) is 11.2. The van der Waals surface area contributed by atoms with Crippen molar-refractivity contribution in [2.45, 2.75) is 43.3 Å². The van der Waals surface area contributed by atoms with Crippen molar-refractivity contribution >= 4 is 15.9 Å². The summed E-state index contributed by atoms with van der Waals surface area (Å²) in [5, 5.41) is 2.69. The van der Waals surface area contributed by atoms with E-state index >= 15 is 0 Å². The number of halogens is 3. The van der Waals surface area contributed by atoms with Gasteiger partial charge in [-0.05, 0) is 38.5 Å². The second kappa shape index (κ2) is 8.15. The molecule has 0 aliphatic carbocycles. The van der Waals surface area contributed by atoms with Crippen molar-refractivity contribution < 1.29 is 26.4 Å². The van der Waals surface area contributed by atoms with Gasteiger partial charge in [-0.3, -0.25) is 4.79 Å². The Labute approximate surface area is 145 Å². The van der Waals surface area contributed by atoms with Crippen LogP contribution in [-0.4, -0.2) is 33.0 Å². The van der Waals surface area contributed by atoms with Crippen LogP contribution in [0.5, 0.6) is 0 Å². The number of nitrogens with one attached hydrogen (secondary N) is 2. The quantitative estimate of drug-likeness (QED) is 0.596. The maximum absolute atomic E-state index is 12.6. The monoisotopic (exact) mass is 381 g/mol. The lowest BCUT2D eigenvalue weighted by Gasteiger charge is -2.24. The average Bonchev–Trinajstić information content (AvgIpc) is 2.50. The molecule has 6 nitrogen and oxygen atoms in total. The lowest BCUT2D eigenvalue weighted by molar-refractivity contribution is -0.137. The van der Waals surface area contributed by atoms with Gasteiger partial charge in [0.05, 0.1) is 10.5 Å². The number of rotatable bonds is 8. The highest BCUT2D eigenvalue weighted by Gasteiger charge is 2.31. The van der Waals surface area contributed by atoms with Gasteiger partial charge in [-0.1, -0.05) is 6.07 Å². The standard InChI is InChI=1S/C15H22F3N3O3S/c1-14(2,10-19)21-13(22)7-4-8-20-25(23,24)12-6-3-5-11(9-12)15(16,17)18/h3,5-6,9,20H,4,7-8,10,19H2,1-2H3,(H,21,22). The van der Waals surface area contributed by atoms with Crippen LogP contribution < -0.4 is 15.8 Å². The highest BCUT2D eigenvalue weighted by atomic mass is 32.2. The van der Waals surface area contributed by atoms with Crippen LogP contribution in [0.2, 0.25) is 0 Å². The summed E-state index contributed by atoms with van der Waals surface area (Å²) >= 11 is 0. The van der Waals surface area contributed by atoms with E-state index in [1.165, 1.54) is 0 Å². The Kier molecular flexibility index (Phi) is 6.98. The summed E-state index contributed by atoms with van der Waals surface area (Å²) in [5.41, 5.74) is 3.88. The molecule has 0 saturated carbocycles. The van der Waals surface area contributed by atoms with E-state index in [-0.39, 0.29) is 31.8 Å². The number of benzene rings is 1. The first-order chi connectivity index (χ1) is 11.4. The molecule has 0 radical (unpaired) electrons. The number of amides is 1. The molecule has 0 spiro atoms. The largest absolute Gasteiger partial charge is 0.416 e. The maximum Gasteiger partial charge on any atom is 0.416 e. The third-order valence-corrected chi connectivity index (χ3v) is 4.79. The van der Waals surface area contributed by atoms with Crippen molar-refractivity contribution in [1.29, 1.82) is 0 Å². The fourth-order valence-electron chi connectivity index (χ4n) is 1.87. The fourth-order valence-corrected chi connectivity index (χ4v) is 2.99. The highest BCUT2D eigenvalue weighted by molar-refractivity contribution is 7.89. The molecule has 1 aromatic rings. The smallest absolute Gasteiger partial charge is 0.350 e. The van der Waals surface area contributed by atoms with Crippen LogP contribution in [0.25, 0.3) is 0 Å². The summed E-state index contributed by atoms with van der Waals surface area (Å²) in [6.45, 7) is 3.68. The number of alkyl halides is 3. The summed E-state index contributed by atoms with van der Waals surface area (Å²) in [6.07, 6.45) is -4.36. The molecule has 0 heterocycles. The number of carbonyl (C=O) groups excluding carboxylic acids is 1. The van der Waals surface area contributed by atoms with Gasteiger partial charge in [-0.2, -0.15) is 13.2 Å². The number of hydrogen-bond acceptors (Lipinski definition) is 4. The Balaban J connectivity index is 2.59. The minimum atomic E-state index is -4.63. The Morgan fingerprint density at radius 3 is 2.44 bits per heavy atom. The van der Waals surface area contributed by atoms with Crippen LogP contribution in [-0.2, 0) is 21.0 Å². The van der Waals surface area contributed by atoms with Crippen molar-refractivity contribution in [2.24, 2.45) is 5.73 Å². The number of carbonyl (C=O) groups is 1. The van der Waals surface area contributed by atoms with Gasteiger partial charge < -0.3 is 11.1 Å². The molecule has 0 aromatic heterocycles. The van der Waals surface area contributed by atoms with Crippen molar-refractivity contribution in [3.05, 3.63) is 29.8 Å². The molecule has 10 heteroatoms. The van der Waals surface area contributed by atoms with E-state index in [2.05, 4.69) is 10.0 Å². The molecule has 0 aliphatic rings. The third-order valence-electron chi connectivity index (χ3n) is 3.33. The van der Waals surface area contributed by atoms with Crippen molar-refractivity contribution in [1.82, 2.24) is 10.0 Å². The van der Waals surface area contributed by atoms with E-state index < -0.39 is 32.2 Å². The normalized spacial score (nSPS) is 12.9. The molecule has 142 valence electrons. The molecule has 0 saturated heterocycles. The molecule has 0 bridgehead atoms. The molecule has 1 aromatic carbocycles. The van der Waals surface area contributed by atoms with Gasteiger partial charge in [0, 0.05) is 25.0 Å². The van der Waals surface area contributed by atoms with Crippen LogP contribution >= 0.6 is 0 Å². The molecule has 1 amide bonds. The Morgan fingerprint density at radius 1 is 1.24 bits per heavy atom. The lowest BCUT2D eigenvalue weighted by atomic mass is 10.1. The predicted octanol–water partition coefficient (Wildman–Crippen LogP) is 1.62. The Morgan fingerprint density at radius 2 is 1.88 bits per heavy atom. The van der Waals surface area contributed by atoms with Crippen molar-refractivity contribution in [3.8, 4) is 0 Å². The summed E-state index contributed by atoms with van der Waals surface area (Å²) in [5.74, 6) is -0.284. The van der Waals surface area contributed by atoms with E-state index in [0.29, 0.717) is 6.07 Å². The van der Waals surface area contributed by atoms with E-state index in [9.17, 15) is 26.4 Å². The minimum Gasteiger partial charge on any atom is -0.350 e. The van der Waals surface area contributed by atoms with Crippen LogP contribution in [0, 0.1) is 0 Å². The van der Waals surface area contributed by atoms with E-state index in [0.717, 1.165) is 18.2 Å². The molecule has 0 unspecified atom stereocenters. The molecule has 25 heavy (non-hydrogen) atoms. The Bertz CT molecular complexity index is 703. The summed E-state index contributed by atoms with van der Waals surface area (Å²) in [6, 6.07) is 3.47. The predicted molar refractivity (Wildman–Crippen MR) is 87.1 cm³/mol. The van der Waals surface area contributed by atoms with Gasteiger partial charge in [-0.15, -0.1) is 0 Å². The van der Waals surface area contributed by atoms with Crippen molar-refractivity contribution in [2.75, 3.05) is 13.1 Å². The zero-order chi connectivity index (χ0) is 19.3. The number of sulfonamides is 1. The molecular formula is C15H22F3N3O3S. The van der Waals surface area contributed by atoms with Gasteiger partial charge >= 0.3 is 6.18 Å². The number of hydrogen-bond donors (Lipinski definition) is 3. The van der Waals surface area contributed by atoms with Gasteiger partial charge in [0.25, 0.3) is 0 Å². The van der Waals surface area contributed by atoms with Crippen LogP contribution in [0.1, 0.15) is 32.3 Å². The average molecular weight is 381 g/mol. The van der Waals surface area contributed by atoms with Crippen LogP contribution in [0.3, 0.4) is 0 Å². The first kappa shape index (κ1) is 21.4. The lowest BCUT2D eigenvalue weighted by Crippen LogP contribution is -2.48. The molecule has 1 rings (SSSR count). The summed E-state index contributed by atoms with van der Waals surface area (Å²) in [7, 11) is -4.08. The van der Waals surface area contributed by atoms with E-state index in [1.807, 2.05) is 0 Å². The second-order valence-corrected chi connectivity index (χ2v) is 7.93. The van der Waals surface area contributed by atoms with Gasteiger partial charge in [0.15, 0.2) is 0 Å². The van der Waals surface area contributed by atoms with Gasteiger partial charge in [-0.25, -0.2) is 13.1 Å². The van der Waals surface area contributed by atoms with Crippen LogP contribution in [0.15, 0.2) is 29.2 Å². The second-order valence-electron chi connectivity index (χ2n) is 6.16. The number of nitrogens with two attached hydrogens (primary N) is 1. The van der Waals surface area contributed by atoms with Crippen LogP contribution in [0.4, 0.5) is 13.2 Å². The Hall–Kier alpha value is -1.65. The third kappa shape index (κ3) is 7.00. The molecule has 0 atom stereocenters. The molecular weight excluding hydrogens is 359 g/mol. The fraction of sp³-hybridized carbons (Fsp3) is 0.533. The zero-order valence-corrected chi connectivity index (χ0v) is 14.8. The van der Waals surface area contributed by atoms with E-state index in [1.54, 1.807) is 13.8 Å².